The van der Waals surface area contributed by atoms with Crippen LogP contribution in [0.2, 0.25) is 5.02 Å². The van der Waals surface area contributed by atoms with E-state index in [4.69, 9.17) is 21.4 Å². The standard InChI is InChI=1S/C11H16ClNO4S/c1-3-8(7-14)13-18(15,16)9-4-5-10(12)11(6-9)17-2/h4-6,8,13-14H,3,7H2,1-2H3/t8-/m0/s1. The van der Waals surface area contributed by atoms with Gasteiger partial charge in [0.05, 0.1) is 23.6 Å². The Bertz CT molecular complexity index is 500. The van der Waals surface area contributed by atoms with Crippen LogP contribution in [0, 0.1) is 0 Å². The first kappa shape index (κ1) is 15.2. The third-order valence-corrected chi connectivity index (χ3v) is 4.30. The molecule has 2 N–H and O–H groups in total. The zero-order chi connectivity index (χ0) is 13.8. The molecule has 0 aliphatic heterocycles. The summed E-state index contributed by atoms with van der Waals surface area (Å²) in [5, 5.41) is 9.35. The zero-order valence-corrected chi connectivity index (χ0v) is 11.8. The molecular formula is C11H16ClNO4S. The number of benzene rings is 1. The summed E-state index contributed by atoms with van der Waals surface area (Å²) >= 11 is 5.83. The first-order valence-electron chi connectivity index (χ1n) is 5.41. The SMILES string of the molecule is CC[C@@H](CO)NS(=O)(=O)c1ccc(Cl)c(OC)c1. The van der Waals surface area contributed by atoms with E-state index in [0.717, 1.165) is 0 Å². The molecule has 1 aromatic rings. The molecule has 0 aromatic heterocycles. The summed E-state index contributed by atoms with van der Waals surface area (Å²) in [6.07, 6.45) is 0.500. The van der Waals surface area contributed by atoms with Crippen LogP contribution in [0.4, 0.5) is 0 Å². The molecule has 0 bridgehead atoms. The van der Waals surface area contributed by atoms with Gasteiger partial charge in [-0.25, -0.2) is 13.1 Å². The Morgan fingerprint density at radius 3 is 2.67 bits per heavy atom. The molecule has 18 heavy (non-hydrogen) atoms. The van der Waals surface area contributed by atoms with Crippen molar-refractivity contribution in [3.05, 3.63) is 23.2 Å². The van der Waals surface area contributed by atoms with E-state index in [-0.39, 0.29) is 17.3 Å². The highest BCUT2D eigenvalue weighted by Crippen LogP contribution is 2.27. The minimum Gasteiger partial charge on any atom is -0.495 e. The molecule has 1 rings (SSSR count). The predicted molar refractivity (Wildman–Crippen MR) is 69.5 cm³/mol. The molecule has 0 saturated carbocycles. The fourth-order valence-corrected chi connectivity index (χ4v) is 2.86. The van der Waals surface area contributed by atoms with Crippen molar-refractivity contribution in [1.82, 2.24) is 4.72 Å². The third-order valence-electron chi connectivity index (χ3n) is 2.47. The van der Waals surface area contributed by atoms with Gasteiger partial charge in [0, 0.05) is 12.1 Å². The smallest absolute Gasteiger partial charge is 0.241 e. The van der Waals surface area contributed by atoms with Crippen molar-refractivity contribution in [2.45, 2.75) is 24.3 Å². The Kier molecular flexibility index (Phi) is 5.40. The fraction of sp³-hybridized carbons (Fsp3) is 0.455. The summed E-state index contributed by atoms with van der Waals surface area (Å²) in [5.41, 5.74) is 0. The Hall–Kier alpha value is -0.820. The summed E-state index contributed by atoms with van der Waals surface area (Å²) in [6.45, 7) is 1.53. The number of aliphatic hydroxyl groups is 1. The highest BCUT2D eigenvalue weighted by Gasteiger charge is 2.19. The van der Waals surface area contributed by atoms with Gasteiger partial charge in [0.25, 0.3) is 0 Å². The van der Waals surface area contributed by atoms with Gasteiger partial charge < -0.3 is 9.84 Å². The first-order valence-corrected chi connectivity index (χ1v) is 7.27. The van der Waals surface area contributed by atoms with E-state index in [1.165, 1.54) is 25.3 Å². The van der Waals surface area contributed by atoms with Gasteiger partial charge in [-0.1, -0.05) is 18.5 Å². The molecule has 0 spiro atoms. The van der Waals surface area contributed by atoms with Crippen molar-refractivity contribution < 1.29 is 18.3 Å². The van der Waals surface area contributed by atoms with Crippen molar-refractivity contribution in [3.8, 4) is 5.75 Å². The summed E-state index contributed by atoms with van der Waals surface area (Å²) < 4.78 is 31.4. The van der Waals surface area contributed by atoms with Crippen LogP contribution in [0.5, 0.6) is 5.75 Å². The third kappa shape index (κ3) is 3.58. The quantitative estimate of drug-likeness (QED) is 0.831. The largest absolute Gasteiger partial charge is 0.495 e. The number of methoxy groups -OCH3 is 1. The molecule has 1 atom stereocenters. The van der Waals surface area contributed by atoms with Gasteiger partial charge in [0.2, 0.25) is 10.0 Å². The number of ether oxygens (including phenoxy) is 1. The lowest BCUT2D eigenvalue weighted by Crippen LogP contribution is -2.36. The Labute approximate surface area is 112 Å². The Morgan fingerprint density at radius 2 is 2.17 bits per heavy atom. The molecule has 0 heterocycles. The summed E-state index contributed by atoms with van der Waals surface area (Å²) in [4.78, 5) is 0.0515. The number of hydrogen-bond donors (Lipinski definition) is 2. The molecule has 0 unspecified atom stereocenters. The van der Waals surface area contributed by atoms with Crippen LogP contribution in [-0.2, 0) is 10.0 Å². The summed E-state index contributed by atoms with van der Waals surface area (Å²) in [6, 6.07) is 3.68. The number of rotatable bonds is 6. The summed E-state index contributed by atoms with van der Waals surface area (Å²) in [5.74, 6) is 0.289. The van der Waals surface area contributed by atoms with Crippen LogP contribution in [0.3, 0.4) is 0 Å². The molecule has 5 nitrogen and oxygen atoms in total. The van der Waals surface area contributed by atoms with Crippen molar-refractivity contribution in [3.63, 3.8) is 0 Å². The van der Waals surface area contributed by atoms with Gasteiger partial charge in [-0.05, 0) is 18.6 Å². The fourth-order valence-electron chi connectivity index (χ4n) is 1.34. The molecule has 0 aliphatic carbocycles. The van der Waals surface area contributed by atoms with Crippen molar-refractivity contribution in [2.24, 2.45) is 0 Å². The van der Waals surface area contributed by atoms with Gasteiger partial charge in [0.1, 0.15) is 5.75 Å². The van der Waals surface area contributed by atoms with Crippen molar-refractivity contribution in [2.75, 3.05) is 13.7 Å². The highest BCUT2D eigenvalue weighted by atomic mass is 35.5. The number of aliphatic hydroxyl groups excluding tert-OH is 1. The summed E-state index contributed by atoms with van der Waals surface area (Å²) in [7, 11) is -2.27. The lowest BCUT2D eigenvalue weighted by atomic mass is 10.3. The Morgan fingerprint density at radius 1 is 1.50 bits per heavy atom. The van der Waals surface area contributed by atoms with Crippen LogP contribution in [-0.4, -0.2) is 33.3 Å². The predicted octanol–water partition coefficient (Wildman–Crippen LogP) is 1.40. The van der Waals surface area contributed by atoms with E-state index in [1.54, 1.807) is 6.92 Å². The topological polar surface area (TPSA) is 75.6 Å². The number of halogens is 1. The van der Waals surface area contributed by atoms with E-state index in [2.05, 4.69) is 4.72 Å². The molecule has 0 fully saturated rings. The first-order chi connectivity index (χ1) is 8.44. The van der Waals surface area contributed by atoms with Crippen LogP contribution in [0.25, 0.3) is 0 Å². The normalized spacial score (nSPS) is 13.3. The lowest BCUT2D eigenvalue weighted by molar-refractivity contribution is 0.254. The van der Waals surface area contributed by atoms with E-state index in [0.29, 0.717) is 11.4 Å². The van der Waals surface area contributed by atoms with Gasteiger partial charge in [-0.2, -0.15) is 0 Å². The second-order valence-electron chi connectivity index (χ2n) is 3.71. The minimum absolute atomic E-state index is 0.0515. The second-order valence-corrected chi connectivity index (χ2v) is 5.83. The van der Waals surface area contributed by atoms with Crippen LogP contribution < -0.4 is 9.46 Å². The van der Waals surface area contributed by atoms with Gasteiger partial charge in [0.15, 0.2) is 0 Å². The molecule has 7 heteroatoms. The maximum absolute atomic E-state index is 12.0. The van der Waals surface area contributed by atoms with E-state index >= 15 is 0 Å². The van der Waals surface area contributed by atoms with Gasteiger partial charge >= 0.3 is 0 Å². The number of nitrogens with one attached hydrogen (secondary N) is 1. The van der Waals surface area contributed by atoms with Crippen LogP contribution >= 0.6 is 11.6 Å². The molecule has 0 amide bonds. The molecule has 0 aliphatic rings. The monoisotopic (exact) mass is 293 g/mol. The Balaban J connectivity index is 3.05. The lowest BCUT2D eigenvalue weighted by Gasteiger charge is -2.15. The van der Waals surface area contributed by atoms with Gasteiger partial charge in [-0.3, -0.25) is 0 Å². The van der Waals surface area contributed by atoms with E-state index in [9.17, 15) is 8.42 Å². The zero-order valence-electron chi connectivity index (χ0n) is 10.2. The molecule has 0 saturated heterocycles. The molecular weight excluding hydrogens is 278 g/mol. The van der Waals surface area contributed by atoms with Crippen LogP contribution in [0.15, 0.2) is 23.1 Å². The van der Waals surface area contributed by atoms with Crippen LogP contribution in [0.1, 0.15) is 13.3 Å². The average molecular weight is 294 g/mol. The molecule has 0 radical (unpaired) electrons. The van der Waals surface area contributed by atoms with E-state index in [1.807, 2.05) is 0 Å². The second kappa shape index (κ2) is 6.38. The molecule has 1 aromatic carbocycles. The molecule has 102 valence electrons. The minimum atomic E-state index is -3.68. The average Bonchev–Trinajstić information content (AvgIpc) is 2.36. The van der Waals surface area contributed by atoms with E-state index < -0.39 is 16.1 Å². The number of sulfonamides is 1. The van der Waals surface area contributed by atoms with Crippen molar-refractivity contribution >= 4 is 21.6 Å². The highest BCUT2D eigenvalue weighted by molar-refractivity contribution is 7.89. The van der Waals surface area contributed by atoms with Gasteiger partial charge in [-0.15, -0.1) is 0 Å². The maximum atomic E-state index is 12.0. The number of hydrogen-bond acceptors (Lipinski definition) is 4. The maximum Gasteiger partial charge on any atom is 0.241 e. The van der Waals surface area contributed by atoms with Crippen molar-refractivity contribution in [1.29, 1.82) is 0 Å².